The van der Waals surface area contributed by atoms with Gasteiger partial charge in [-0.25, -0.2) is 0 Å². The van der Waals surface area contributed by atoms with Gasteiger partial charge in [0, 0.05) is 17.1 Å². The number of rotatable bonds is 6. The molecule has 2 N–H and O–H groups in total. The maximum atomic E-state index is 5.69. The van der Waals surface area contributed by atoms with Crippen LogP contribution < -0.4 is 10.6 Å². The van der Waals surface area contributed by atoms with Crippen molar-refractivity contribution in [1.82, 2.24) is 0 Å². The zero-order valence-corrected chi connectivity index (χ0v) is 11.6. The van der Waals surface area contributed by atoms with Crippen molar-refractivity contribution in [3.8, 4) is 0 Å². The molecule has 0 saturated carbocycles. The fourth-order valence-corrected chi connectivity index (χ4v) is 2.86. The molecule has 0 aliphatic rings. The number of para-hydroxylation sites is 1. The van der Waals surface area contributed by atoms with Gasteiger partial charge in [-0.2, -0.15) is 0 Å². The smallest absolute Gasteiger partial charge is 0.0522 e. The normalized spacial score (nSPS) is 10.6. The molecule has 1 aromatic carbocycles. The van der Waals surface area contributed by atoms with Gasteiger partial charge in [0.2, 0.25) is 0 Å². The van der Waals surface area contributed by atoms with Crippen molar-refractivity contribution in [2.24, 2.45) is 5.73 Å². The third kappa shape index (κ3) is 3.12. The van der Waals surface area contributed by atoms with Crippen LogP contribution in [0.2, 0.25) is 0 Å². The monoisotopic (exact) mass is 260 g/mol. The number of hydrogen-bond donors (Lipinski definition) is 1. The van der Waals surface area contributed by atoms with Crippen LogP contribution in [0.3, 0.4) is 0 Å². The van der Waals surface area contributed by atoms with E-state index in [9.17, 15) is 0 Å². The first-order valence-electron chi connectivity index (χ1n) is 6.40. The third-order valence-corrected chi connectivity index (χ3v) is 3.92. The SMILES string of the molecule is CCN(Cc1cccs1)c1ccccc1CCN. The lowest BCUT2D eigenvalue weighted by Gasteiger charge is -2.25. The molecule has 1 heterocycles. The minimum absolute atomic E-state index is 0.702. The first kappa shape index (κ1) is 13.1. The lowest BCUT2D eigenvalue weighted by atomic mass is 10.1. The number of hydrogen-bond acceptors (Lipinski definition) is 3. The summed E-state index contributed by atoms with van der Waals surface area (Å²) >= 11 is 1.81. The van der Waals surface area contributed by atoms with Crippen LogP contribution in [-0.4, -0.2) is 13.1 Å². The predicted molar refractivity (Wildman–Crippen MR) is 80.2 cm³/mol. The molecule has 0 amide bonds. The Morgan fingerprint density at radius 1 is 1.17 bits per heavy atom. The second-order valence-corrected chi connectivity index (χ2v) is 5.29. The molecule has 0 spiro atoms. The van der Waals surface area contributed by atoms with E-state index >= 15 is 0 Å². The van der Waals surface area contributed by atoms with Crippen LogP contribution in [0, 0.1) is 0 Å². The zero-order valence-electron chi connectivity index (χ0n) is 10.8. The summed E-state index contributed by atoms with van der Waals surface area (Å²) in [5.74, 6) is 0. The molecule has 0 atom stereocenters. The number of nitrogens with two attached hydrogens (primary N) is 1. The molecule has 18 heavy (non-hydrogen) atoms. The largest absolute Gasteiger partial charge is 0.366 e. The van der Waals surface area contributed by atoms with Crippen LogP contribution >= 0.6 is 11.3 Å². The summed E-state index contributed by atoms with van der Waals surface area (Å²) in [5.41, 5.74) is 8.35. The van der Waals surface area contributed by atoms with Crippen molar-refractivity contribution in [2.45, 2.75) is 19.9 Å². The molecule has 0 aliphatic heterocycles. The highest BCUT2D eigenvalue weighted by Crippen LogP contribution is 2.23. The quantitative estimate of drug-likeness (QED) is 0.863. The molecule has 2 aromatic rings. The van der Waals surface area contributed by atoms with E-state index in [1.807, 2.05) is 11.3 Å². The molecule has 2 nitrogen and oxygen atoms in total. The van der Waals surface area contributed by atoms with Gasteiger partial charge in [0.1, 0.15) is 0 Å². The van der Waals surface area contributed by atoms with E-state index < -0.39 is 0 Å². The minimum Gasteiger partial charge on any atom is -0.366 e. The van der Waals surface area contributed by atoms with Crippen molar-refractivity contribution < 1.29 is 0 Å². The van der Waals surface area contributed by atoms with E-state index in [1.54, 1.807) is 0 Å². The Labute approximate surface area is 113 Å². The second-order valence-electron chi connectivity index (χ2n) is 4.26. The molecule has 0 radical (unpaired) electrons. The van der Waals surface area contributed by atoms with Crippen LogP contribution in [0.15, 0.2) is 41.8 Å². The van der Waals surface area contributed by atoms with Crippen molar-refractivity contribution >= 4 is 17.0 Å². The summed E-state index contributed by atoms with van der Waals surface area (Å²) in [6.07, 6.45) is 0.942. The van der Waals surface area contributed by atoms with Gasteiger partial charge < -0.3 is 10.6 Å². The Hall–Kier alpha value is -1.32. The van der Waals surface area contributed by atoms with Crippen LogP contribution in [-0.2, 0) is 13.0 Å². The number of anilines is 1. The Kier molecular flexibility index (Phi) is 4.79. The summed E-state index contributed by atoms with van der Waals surface area (Å²) in [7, 11) is 0. The first-order valence-corrected chi connectivity index (χ1v) is 7.28. The number of thiophene rings is 1. The van der Waals surface area contributed by atoms with E-state index in [1.165, 1.54) is 16.1 Å². The lowest BCUT2D eigenvalue weighted by molar-refractivity contribution is 0.828. The molecule has 2 rings (SSSR count). The lowest BCUT2D eigenvalue weighted by Crippen LogP contribution is -2.23. The molecule has 0 bridgehead atoms. The van der Waals surface area contributed by atoms with Gasteiger partial charge >= 0.3 is 0 Å². The highest BCUT2D eigenvalue weighted by Gasteiger charge is 2.09. The maximum Gasteiger partial charge on any atom is 0.0522 e. The third-order valence-electron chi connectivity index (χ3n) is 3.05. The van der Waals surface area contributed by atoms with Crippen molar-refractivity contribution in [2.75, 3.05) is 18.0 Å². The minimum atomic E-state index is 0.702. The van der Waals surface area contributed by atoms with Crippen LogP contribution in [0.5, 0.6) is 0 Å². The highest BCUT2D eigenvalue weighted by molar-refractivity contribution is 7.09. The molecule has 0 aliphatic carbocycles. The van der Waals surface area contributed by atoms with Gasteiger partial charge in [0.05, 0.1) is 6.54 Å². The van der Waals surface area contributed by atoms with E-state index in [4.69, 9.17) is 5.73 Å². The summed E-state index contributed by atoms with van der Waals surface area (Å²) < 4.78 is 0. The number of benzene rings is 1. The van der Waals surface area contributed by atoms with Gasteiger partial charge in [-0.3, -0.25) is 0 Å². The molecule has 1 aromatic heterocycles. The van der Waals surface area contributed by atoms with Crippen LogP contribution in [0.1, 0.15) is 17.4 Å². The van der Waals surface area contributed by atoms with Gasteiger partial charge in [0.25, 0.3) is 0 Å². The van der Waals surface area contributed by atoms with Gasteiger partial charge in [-0.15, -0.1) is 11.3 Å². The van der Waals surface area contributed by atoms with E-state index in [2.05, 4.69) is 53.6 Å². The van der Waals surface area contributed by atoms with Gasteiger partial charge in [0.15, 0.2) is 0 Å². The first-order chi connectivity index (χ1) is 8.85. The van der Waals surface area contributed by atoms with Crippen molar-refractivity contribution in [1.29, 1.82) is 0 Å². The van der Waals surface area contributed by atoms with Crippen LogP contribution in [0.4, 0.5) is 5.69 Å². The highest BCUT2D eigenvalue weighted by atomic mass is 32.1. The van der Waals surface area contributed by atoms with Gasteiger partial charge in [-0.05, 0) is 43.0 Å². The Balaban J connectivity index is 2.21. The standard InChI is InChI=1S/C15H20N2S/c1-2-17(12-14-7-5-11-18-14)15-8-4-3-6-13(15)9-10-16/h3-8,11H,2,9-10,12,16H2,1H3. The predicted octanol–water partition coefficient (Wildman–Crippen LogP) is 3.28. The molecular formula is C15H20N2S. The van der Waals surface area contributed by atoms with Gasteiger partial charge in [-0.1, -0.05) is 24.3 Å². The van der Waals surface area contributed by atoms with E-state index in [-0.39, 0.29) is 0 Å². The topological polar surface area (TPSA) is 29.3 Å². The summed E-state index contributed by atoms with van der Waals surface area (Å²) in [6.45, 7) is 4.90. The maximum absolute atomic E-state index is 5.69. The fraction of sp³-hybridized carbons (Fsp3) is 0.333. The zero-order chi connectivity index (χ0) is 12.8. The van der Waals surface area contributed by atoms with Crippen LogP contribution in [0.25, 0.3) is 0 Å². The summed E-state index contributed by atoms with van der Waals surface area (Å²) in [6, 6.07) is 12.9. The second kappa shape index (κ2) is 6.57. The summed E-state index contributed by atoms with van der Waals surface area (Å²) in [4.78, 5) is 3.82. The molecule has 96 valence electrons. The average molecular weight is 260 g/mol. The van der Waals surface area contributed by atoms with Crippen molar-refractivity contribution in [3.63, 3.8) is 0 Å². The Morgan fingerprint density at radius 3 is 2.67 bits per heavy atom. The molecule has 0 saturated heterocycles. The van der Waals surface area contributed by atoms with Crippen molar-refractivity contribution in [3.05, 3.63) is 52.2 Å². The average Bonchev–Trinajstić information content (AvgIpc) is 2.90. The Bertz CT molecular complexity index is 465. The molecule has 3 heteroatoms. The molecular weight excluding hydrogens is 240 g/mol. The molecule has 0 fully saturated rings. The number of nitrogens with zero attached hydrogens (tertiary/aromatic N) is 1. The molecule has 0 unspecified atom stereocenters. The Morgan fingerprint density at radius 2 is 2.00 bits per heavy atom. The van der Waals surface area contributed by atoms with E-state index in [0.717, 1.165) is 19.5 Å². The fourth-order valence-electron chi connectivity index (χ4n) is 2.14. The van der Waals surface area contributed by atoms with E-state index in [0.29, 0.717) is 6.54 Å². The summed E-state index contributed by atoms with van der Waals surface area (Å²) in [5, 5.41) is 2.13.